The number of pyridine rings is 2. The molecule has 0 amide bonds. The van der Waals surface area contributed by atoms with Crippen LogP contribution in [0.2, 0.25) is 0 Å². The molecule has 1 aliphatic rings. The molecule has 0 saturated carbocycles. The summed E-state index contributed by atoms with van der Waals surface area (Å²) in [5.41, 5.74) is 2.28. The number of anilines is 2. The number of aromatic nitrogens is 2. The van der Waals surface area contributed by atoms with Crippen LogP contribution in [0.25, 0.3) is 0 Å². The van der Waals surface area contributed by atoms with Gasteiger partial charge in [0.05, 0.1) is 12.2 Å². The van der Waals surface area contributed by atoms with Gasteiger partial charge in [-0.1, -0.05) is 6.07 Å². The Balaban J connectivity index is 1.66. The zero-order chi connectivity index (χ0) is 12.9. The van der Waals surface area contributed by atoms with Crippen molar-refractivity contribution in [2.24, 2.45) is 0 Å². The van der Waals surface area contributed by atoms with Crippen LogP contribution in [0.1, 0.15) is 18.5 Å². The normalized spacial score (nSPS) is 14.6. The van der Waals surface area contributed by atoms with Gasteiger partial charge in [0, 0.05) is 37.2 Å². The molecule has 0 spiro atoms. The van der Waals surface area contributed by atoms with Gasteiger partial charge in [0.25, 0.3) is 0 Å². The number of nitrogens with zero attached hydrogens (tertiary/aromatic N) is 3. The van der Waals surface area contributed by atoms with Crippen LogP contribution in [0.15, 0.2) is 42.7 Å². The molecular formula is C15H18N4. The van der Waals surface area contributed by atoms with Gasteiger partial charge >= 0.3 is 0 Å². The molecule has 1 fully saturated rings. The minimum atomic E-state index is 0.706. The first kappa shape index (κ1) is 12.0. The SMILES string of the molecule is c1ccc(CNc2cc(N3CCCC3)ccn2)nc1. The third-order valence-electron chi connectivity index (χ3n) is 3.39. The summed E-state index contributed by atoms with van der Waals surface area (Å²) in [7, 11) is 0. The van der Waals surface area contributed by atoms with Crippen LogP contribution in [-0.4, -0.2) is 23.1 Å². The van der Waals surface area contributed by atoms with Crippen molar-refractivity contribution in [3.63, 3.8) is 0 Å². The van der Waals surface area contributed by atoms with E-state index in [1.165, 1.54) is 18.5 Å². The Labute approximate surface area is 113 Å². The van der Waals surface area contributed by atoms with Crippen molar-refractivity contribution < 1.29 is 0 Å². The maximum absolute atomic E-state index is 4.36. The summed E-state index contributed by atoms with van der Waals surface area (Å²) < 4.78 is 0. The first-order valence-corrected chi connectivity index (χ1v) is 6.76. The Morgan fingerprint density at radius 2 is 1.95 bits per heavy atom. The van der Waals surface area contributed by atoms with E-state index in [1.807, 2.05) is 30.6 Å². The summed E-state index contributed by atoms with van der Waals surface area (Å²) in [5.74, 6) is 0.912. The van der Waals surface area contributed by atoms with Crippen LogP contribution >= 0.6 is 0 Å². The number of nitrogens with one attached hydrogen (secondary N) is 1. The highest BCUT2D eigenvalue weighted by Crippen LogP contribution is 2.21. The molecule has 1 N–H and O–H groups in total. The van der Waals surface area contributed by atoms with E-state index in [2.05, 4.69) is 32.3 Å². The number of hydrogen-bond donors (Lipinski definition) is 1. The van der Waals surface area contributed by atoms with E-state index in [4.69, 9.17) is 0 Å². The quantitative estimate of drug-likeness (QED) is 0.910. The fourth-order valence-corrected chi connectivity index (χ4v) is 2.37. The summed E-state index contributed by atoms with van der Waals surface area (Å²) in [6.07, 6.45) is 6.26. The summed E-state index contributed by atoms with van der Waals surface area (Å²) >= 11 is 0. The number of hydrogen-bond acceptors (Lipinski definition) is 4. The van der Waals surface area contributed by atoms with Crippen molar-refractivity contribution in [2.45, 2.75) is 19.4 Å². The lowest BCUT2D eigenvalue weighted by Gasteiger charge is -2.18. The maximum Gasteiger partial charge on any atom is 0.128 e. The average molecular weight is 254 g/mol. The lowest BCUT2D eigenvalue weighted by molar-refractivity contribution is 0.949. The predicted molar refractivity (Wildman–Crippen MR) is 77.2 cm³/mol. The topological polar surface area (TPSA) is 41.0 Å². The summed E-state index contributed by atoms with van der Waals surface area (Å²) in [4.78, 5) is 11.1. The minimum Gasteiger partial charge on any atom is -0.371 e. The third kappa shape index (κ3) is 3.02. The van der Waals surface area contributed by atoms with Crippen LogP contribution in [0.3, 0.4) is 0 Å². The van der Waals surface area contributed by atoms with Crippen LogP contribution in [-0.2, 0) is 6.54 Å². The van der Waals surface area contributed by atoms with E-state index in [0.717, 1.165) is 24.6 Å². The van der Waals surface area contributed by atoms with Crippen molar-refractivity contribution in [2.75, 3.05) is 23.3 Å². The van der Waals surface area contributed by atoms with Crippen LogP contribution < -0.4 is 10.2 Å². The summed E-state index contributed by atoms with van der Waals surface area (Å²) in [6.45, 7) is 3.02. The van der Waals surface area contributed by atoms with Crippen molar-refractivity contribution in [1.82, 2.24) is 9.97 Å². The molecule has 19 heavy (non-hydrogen) atoms. The summed E-state index contributed by atoms with van der Waals surface area (Å²) in [5, 5.41) is 3.32. The van der Waals surface area contributed by atoms with E-state index in [9.17, 15) is 0 Å². The number of rotatable bonds is 4. The lowest BCUT2D eigenvalue weighted by atomic mass is 10.3. The van der Waals surface area contributed by atoms with Gasteiger partial charge < -0.3 is 10.2 Å². The average Bonchev–Trinajstić information content (AvgIpc) is 3.01. The Morgan fingerprint density at radius 3 is 2.74 bits per heavy atom. The highest BCUT2D eigenvalue weighted by atomic mass is 15.1. The molecule has 3 rings (SSSR count). The van der Waals surface area contributed by atoms with E-state index in [1.54, 1.807) is 0 Å². The third-order valence-corrected chi connectivity index (χ3v) is 3.39. The predicted octanol–water partition coefficient (Wildman–Crippen LogP) is 2.69. The van der Waals surface area contributed by atoms with Gasteiger partial charge in [-0.05, 0) is 31.0 Å². The molecule has 1 aliphatic heterocycles. The largest absolute Gasteiger partial charge is 0.371 e. The first-order chi connectivity index (χ1) is 9.42. The van der Waals surface area contributed by atoms with E-state index >= 15 is 0 Å². The molecule has 2 aromatic heterocycles. The van der Waals surface area contributed by atoms with Crippen molar-refractivity contribution in [1.29, 1.82) is 0 Å². The highest BCUT2D eigenvalue weighted by molar-refractivity contribution is 5.54. The minimum absolute atomic E-state index is 0.706. The Hall–Kier alpha value is -2.10. The van der Waals surface area contributed by atoms with Gasteiger partial charge in [-0.25, -0.2) is 4.98 Å². The standard InChI is InChI=1S/C15H18N4/c1-2-7-16-13(5-1)12-18-15-11-14(6-8-17-15)19-9-3-4-10-19/h1-2,5-8,11H,3-4,9-10,12H2,(H,17,18). The van der Waals surface area contributed by atoms with Crippen molar-refractivity contribution in [3.05, 3.63) is 48.4 Å². The highest BCUT2D eigenvalue weighted by Gasteiger charge is 2.12. The van der Waals surface area contributed by atoms with Gasteiger partial charge in [0.15, 0.2) is 0 Å². The second-order valence-corrected chi connectivity index (χ2v) is 4.77. The molecule has 3 heterocycles. The molecule has 0 unspecified atom stereocenters. The smallest absolute Gasteiger partial charge is 0.128 e. The molecule has 4 nitrogen and oxygen atoms in total. The molecule has 0 aromatic carbocycles. The van der Waals surface area contributed by atoms with Crippen LogP contribution in [0, 0.1) is 0 Å². The van der Waals surface area contributed by atoms with E-state index in [-0.39, 0.29) is 0 Å². The zero-order valence-corrected chi connectivity index (χ0v) is 10.9. The molecule has 0 atom stereocenters. The van der Waals surface area contributed by atoms with Gasteiger partial charge in [-0.3, -0.25) is 4.98 Å². The summed E-state index contributed by atoms with van der Waals surface area (Å²) in [6, 6.07) is 10.1. The fourth-order valence-electron chi connectivity index (χ4n) is 2.37. The molecule has 0 bridgehead atoms. The van der Waals surface area contributed by atoms with Gasteiger partial charge in [0.2, 0.25) is 0 Å². The van der Waals surface area contributed by atoms with Gasteiger partial charge in [0.1, 0.15) is 5.82 Å². The maximum atomic E-state index is 4.36. The Bertz CT molecular complexity index is 521. The second-order valence-electron chi connectivity index (χ2n) is 4.77. The van der Waals surface area contributed by atoms with Crippen LogP contribution in [0.5, 0.6) is 0 Å². The van der Waals surface area contributed by atoms with Crippen LogP contribution in [0.4, 0.5) is 11.5 Å². The molecule has 98 valence electrons. The molecule has 2 aromatic rings. The molecule has 0 aliphatic carbocycles. The Morgan fingerprint density at radius 1 is 1.05 bits per heavy atom. The monoisotopic (exact) mass is 254 g/mol. The molecule has 4 heteroatoms. The van der Waals surface area contributed by atoms with Gasteiger partial charge in [-0.15, -0.1) is 0 Å². The van der Waals surface area contributed by atoms with Crippen molar-refractivity contribution >= 4 is 11.5 Å². The zero-order valence-electron chi connectivity index (χ0n) is 10.9. The van der Waals surface area contributed by atoms with Gasteiger partial charge in [-0.2, -0.15) is 0 Å². The lowest BCUT2D eigenvalue weighted by Crippen LogP contribution is -2.17. The van der Waals surface area contributed by atoms with E-state index < -0.39 is 0 Å². The van der Waals surface area contributed by atoms with E-state index in [0.29, 0.717) is 6.54 Å². The fraction of sp³-hybridized carbons (Fsp3) is 0.333. The van der Waals surface area contributed by atoms with Crippen molar-refractivity contribution in [3.8, 4) is 0 Å². The Kier molecular flexibility index (Phi) is 3.58. The first-order valence-electron chi connectivity index (χ1n) is 6.76. The molecule has 0 radical (unpaired) electrons. The molecule has 1 saturated heterocycles. The second kappa shape index (κ2) is 5.69. The molecular weight excluding hydrogens is 236 g/mol.